The Hall–Kier alpha value is -1.56. The molecule has 6 nitrogen and oxygen atoms in total. The molecule has 0 aliphatic heterocycles. The lowest BCUT2D eigenvalue weighted by Crippen LogP contribution is -2.19. The van der Waals surface area contributed by atoms with Crippen LogP contribution in [0.2, 0.25) is 0 Å². The number of rotatable bonds is 3. The van der Waals surface area contributed by atoms with Gasteiger partial charge in [0.05, 0.1) is 12.3 Å². The first-order chi connectivity index (χ1) is 6.63. The molecular formula is C8H14N4O2. The van der Waals surface area contributed by atoms with Gasteiger partial charge in [-0.1, -0.05) is 0 Å². The lowest BCUT2D eigenvalue weighted by atomic mass is 10.3. The Bertz CT molecular complexity index is 308. The van der Waals surface area contributed by atoms with E-state index in [1.165, 1.54) is 0 Å². The summed E-state index contributed by atoms with van der Waals surface area (Å²) in [5.41, 5.74) is 6.16. The summed E-state index contributed by atoms with van der Waals surface area (Å²) in [6, 6.07) is 0. The van der Waals surface area contributed by atoms with E-state index in [0.717, 1.165) is 5.56 Å². The van der Waals surface area contributed by atoms with Crippen LogP contribution < -0.4 is 11.1 Å². The number of carbonyl (C=O) groups excluding carboxylic acids is 1. The smallest absolute Gasteiger partial charge is 0.413 e. The number of hydrogen-bond acceptors (Lipinski definition) is 4. The number of amides is 1. The monoisotopic (exact) mass is 198 g/mol. The maximum absolute atomic E-state index is 11.2. The normalized spacial score (nSPS) is 10.3. The zero-order valence-corrected chi connectivity index (χ0v) is 8.20. The van der Waals surface area contributed by atoms with Gasteiger partial charge in [0.25, 0.3) is 0 Å². The van der Waals surface area contributed by atoms with Gasteiger partial charge in [-0.3, -0.25) is 10.4 Å². The van der Waals surface area contributed by atoms with Crippen LogP contribution in [-0.2, 0) is 11.3 Å². The van der Waals surface area contributed by atoms with Gasteiger partial charge in [0.1, 0.15) is 5.82 Å². The fourth-order valence-electron chi connectivity index (χ4n) is 0.920. The summed E-state index contributed by atoms with van der Waals surface area (Å²) >= 11 is 0. The highest BCUT2D eigenvalue weighted by Crippen LogP contribution is 2.09. The molecule has 0 saturated heterocycles. The Morgan fingerprint density at radius 2 is 2.50 bits per heavy atom. The number of hydrogen-bond donors (Lipinski definition) is 3. The van der Waals surface area contributed by atoms with Crippen LogP contribution in [0.3, 0.4) is 0 Å². The minimum Gasteiger partial charge on any atom is -0.447 e. The second kappa shape index (κ2) is 4.61. The van der Waals surface area contributed by atoms with Gasteiger partial charge >= 0.3 is 6.09 Å². The maximum atomic E-state index is 11.2. The number of nitrogens with one attached hydrogen (secondary N) is 2. The van der Waals surface area contributed by atoms with E-state index in [2.05, 4.69) is 15.5 Å². The predicted octanol–water partition coefficient (Wildman–Crippen LogP) is 0.825. The van der Waals surface area contributed by atoms with Gasteiger partial charge in [0.15, 0.2) is 0 Å². The second-order valence-electron chi connectivity index (χ2n) is 3.05. The van der Waals surface area contributed by atoms with E-state index in [0.29, 0.717) is 12.4 Å². The third kappa shape index (κ3) is 2.74. The molecule has 6 heteroatoms. The first kappa shape index (κ1) is 10.5. The average Bonchev–Trinajstić information content (AvgIpc) is 2.50. The van der Waals surface area contributed by atoms with Crippen LogP contribution in [0.1, 0.15) is 19.4 Å². The van der Waals surface area contributed by atoms with Crippen LogP contribution in [-0.4, -0.2) is 22.4 Å². The quantitative estimate of drug-likeness (QED) is 0.670. The number of anilines is 1. The van der Waals surface area contributed by atoms with Crippen molar-refractivity contribution in [1.29, 1.82) is 0 Å². The molecule has 0 fully saturated rings. The first-order valence-electron chi connectivity index (χ1n) is 4.33. The van der Waals surface area contributed by atoms with Gasteiger partial charge in [-0.15, -0.1) is 0 Å². The molecular weight excluding hydrogens is 184 g/mol. The summed E-state index contributed by atoms with van der Waals surface area (Å²) in [5.74, 6) is 0.484. The van der Waals surface area contributed by atoms with Gasteiger partial charge in [0, 0.05) is 12.1 Å². The summed E-state index contributed by atoms with van der Waals surface area (Å²) in [6.07, 6.45) is 0.892. The molecule has 1 amide bonds. The van der Waals surface area contributed by atoms with Crippen LogP contribution in [0, 0.1) is 0 Å². The van der Waals surface area contributed by atoms with E-state index >= 15 is 0 Å². The lowest BCUT2D eigenvalue weighted by Gasteiger charge is -2.08. The molecule has 0 radical (unpaired) electrons. The Labute approximate surface area is 81.8 Å². The Kier molecular flexibility index (Phi) is 3.47. The third-order valence-corrected chi connectivity index (χ3v) is 1.51. The molecule has 0 atom stereocenters. The van der Waals surface area contributed by atoms with Gasteiger partial charge < -0.3 is 10.5 Å². The first-order valence-corrected chi connectivity index (χ1v) is 4.33. The molecule has 0 unspecified atom stereocenters. The average molecular weight is 198 g/mol. The molecule has 14 heavy (non-hydrogen) atoms. The van der Waals surface area contributed by atoms with E-state index in [-0.39, 0.29) is 6.10 Å². The van der Waals surface area contributed by atoms with Crippen molar-refractivity contribution < 1.29 is 9.53 Å². The largest absolute Gasteiger partial charge is 0.447 e. The Balaban J connectivity index is 2.55. The van der Waals surface area contributed by atoms with Crippen molar-refractivity contribution in [1.82, 2.24) is 10.2 Å². The lowest BCUT2D eigenvalue weighted by molar-refractivity contribution is 0.130. The SMILES string of the molecule is CC(C)OC(=O)Nc1[nH]ncc1CN. The third-order valence-electron chi connectivity index (χ3n) is 1.51. The van der Waals surface area contributed by atoms with Crippen LogP contribution in [0.4, 0.5) is 10.6 Å². The second-order valence-corrected chi connectivity index (χ2v) is 3.05. The molecule has 0 aliphatic carbocycles. The van der Waals surface area contributed by atoms with E-state index in [1.807, 2.05) is 0 Å². The molecule has 1 aromatic rings. The van der Waals surface area contributed by atoms with E-state index < -0.39 is 6.09 Å². The maximum Gasteiger partial charge on any atom is 0.413 e. The molecule has 0 aliphatic rings. The van der Waals surface area contributed by atoms with E-state index in [4.69, 9.17) is 10.5 Å². The molecule has 1 heterocycles. The van der Waals surface area contributed by atoms with Crippen LogP contribution in [0.5, 0.6) is 0 Å². The zero-order chi connectivity index (χ0) is 10.6. The highest BCUT2D eigenvalue weighted by molar-refractivity contribution is 5.84. The summed E-state index contributed by atoms with van der Waals surface area (Å²) in [5, 5.41) is 8.88. The minimum absolute atomic E-state index is 0.153. The molecule has 78 valence electrons. The predicted molar refractivity (Wildman–Crippen MR) is 51.7 cm³/mol. The van der Waals surface area contributed by atoms with Crippen molar-refractivity contribution in [2.24, 2.45) is 5.73 Å². The summed E-state index contributed by atoms with van der Waals surface area (Å²) in [7, 11) is 0. The summed E-state index contributed by atoms with van der Waals surface area (Å²) < 4.78 is 4.88. The van der Waals surface area contributed by atoms with Gasteiger partial charge in [-0.2, -0.15) is 5.10 Å². The Morgan fingerprint density at radius 1 is 1.79 bits per heavy atom. The summed E-state index contributed by atoms with van der Waals surface area (Å²) in [6.45, 7) is 3.86. The zero-order valence-electron chi connectivity index (χ0n) is 8.20. The standard InChI is InChI=1S/C8H14N4O2/c1-5(2)14-8(13)11-7-6(3-9)4-10-12-7/h4-5H,3,9H2,1-2H3,(H2,10,11,12,13). The highest BCUT2D eigenvalue weighted by Gasteiger charge is 2.09. The van der Waals surface area contributed by atoms with Crippen molar-refractivity contribution in [2.45, 2.75) is 26.5 Å². The number of aromatic nitrogens is 2. The minimum atomic E-state index is -0.515. The summed E-state index contributed by atoms with van der Waals surface area (Å²) in [4.78, 5) is 11.2. The number of nitrogens with two attached hydrogens (primary N) is 1. The number of nitrogens with zero attached hydrogens (tertiary/aromatic N) is 1. The molecule has 1 aromatic heterocycles. The van der Waals surface area contributed by atoms with Gasteiger partial charge in [-0.25, -0.2) is 4.79 Å². The number of carbonyl (C=O) groups is 1. The van der Waals surface area contributed by atoms with E-state index in [1.54, 1.807) is 20.0 Å². The molecule has 0 bridgehead atoms. The molecule has 4 N–H and O–H groups in total. The van der Waals surface area contributed by atoms with Gasteiger partial charge in [-0.05, 0) is 13.8 Å². The van der Waals surface area contributed by atoms with Crippen molar-refractivity contribution >= 4 is 11.9 Å². The van der Waals surface area contributed by atoms with Gasteiger partial charge in [0.2, 0.25) is 0 Å². The molecule has 0 spiro atoms. The number of aromatic amines is 1. The van der Waals surface area contributed by atoms with Crippen molar-refractivity contribution in [3.63, 3.8) is 0 Å². The molecule has 0 aromatic carbocycles. The van der Waals surface area contributed by atoms with Crippen LogP contribution >= 0.6 is 0 Å². The molecule has 0 saturated carbocycles. The molecule has 1 rings (SSSR count). The van der Waals surface area contributed by atoms with Crippen molar-refractivity contribution in [3.05, 3.63) is 11.8 Å². The fraction of sp³-hybridized carbons (Fsp3) is 0.500. The van der Waals surface area contributed by atoms with Crippen LogP contribution in [0.25, 0.3) is 0 Å². The Morgan fingerprint density at radius 3 is 3.07 bits per heavy atom. The fourth-order valence-corrected chi connectivity index (χ4v) is 0.920. The number of ether oxygens (including phenoxy) is 1. The number of H-pyrrole nitrogens is 1. The topological polar surface area (TPSA) is 93.0 Å². The van der Waals surface area contributed by atoms with Crippen molar-refractivity contribution in [2.75, 3.05) is 5.32 Å². The van der Waals surface area contributed by atoms with Crippen molar-refractivity contribution in [3.8, 4) is 0 Å². The van der Waals surface area contributed by atoms with Crippen LogP contribution in [0.15, 0.2) is 6.20 Å². The highest BCUT2D eigenvalue weighted by atomic mass is 16.6. The van der Waals surface area contributed by atoms with E-state index in [9.17, 15) is 4.79 Å².